The van der Waals surface area contributed by atoms with Crippen molar-refractivity contribution in [3.05, 3.63) is 0 Å². The van der Waals surface area contributed by atoms with Gasteiger partial charge in [-0.05, 0) is 12.3 Å². The summed E-state index contributed by atoms with van der Waals surface area (Å²) in [7, 11) is 0. The smallest absolute Gasteiger partial charge is 0.412 e. The van der Waals surface area contributed by atoms with E-state index in [4.69, 9.17) is 4.74 Å². The first-order valence-electron chi connectivity index (χ1n) is 6.99. The molecule has 1 N–H and O–H groups in total. The Balaban J connectivity index is 1.92. The topological polar surface area (TPSA) is 49.8 Å². The maximum Gasteiger partial charge on any atom is 0.412 e. The van der Waals surface area contributed by atoms with E-state index in [1.165, 1.54) is 19.3 Å². The fraction of sp³-hybridized carbons (Fsp3) is 0.923. The van der Waals surface area contributed by atoms with Crippen LogP contribution in [0.5, 0.6) is 0 Å². The number of carbonyl (C=O) groups excluding carboxylic acids is 1. The number of amides is 1. The lowest BCUT2D eigenvalue weighted by molar-refractivity contribution is -0.0288. The molecule has 4 nitrogen and oxygen atoms in total. The SMILES string of the molecule is O=C1OC[C@H](CC2CCCCC2)N1[C@@H](O)CC(F)F. The molecule has 2 fully saturated rings. The molecule has 0 radical (unpaired) electrons. The van der Waals surface area contributed by atoms with Gasteiger partial charge in [0.25, 0.3) is 0 Å². The van der Waals surface area contributed by atoms with Crippen LogP contribution in [0.25, 0.3) is 0 Å². The molecule has 0 bridgehead atoms. The van der Waals surface area contributed by atoms with Crippen molar-refractivity contribution in [1.82, 2.24) is 4.90 Å². The van der Waals surface area contributed by atoms with E-state index in [-0.39, 0.29) is 12.6 Å². The Morgan fingerprint density at radius 2 is 2.00 bits per heavy atom. The summed E-state index contributed by atoms with van der Waals surface area (Å²) in [4.78, 5) is 12.6. The molecule has 2 rings (SSSR count). The molecule has 0 spiro atoms. The summed E-state index contributed by atoms with van der Waals surface area (Å²) in [5, 5.41) is 9.73. The normalized spacial score (nSPS) is 26.8. The zero-order valence-electron chi connectivity index (χ0n) is 10.9. The molecule has 0 aromatic heterocycles. The monoisotopic (exact) mass is 277 g/mol. The van der Waals surface area contributed by atoms with E-state index >= 15 is 0 Å². The highest BCUT2D eigenvalue weighted by Crippen LogP contribution is 2.31. The van der Waals surface area contributed by atoms with Crippen molar-refractivity contribution in [3.63, 3.8) is 0 Å². The van der Waals surface area contributed by atoms with Crippen molar-refractivity contribution in [2.75, 3.05) is 6.61 Å². The van der Waals surface area contributed by atoms with Gasteiger partial charge in [0.05, 0.1) is 12.5 Å². The second kappa shape index (κ2) is 6.50. The predicted molar refractivity (Wildman–Crippen MR) is 64.8 cm³/mol. The molecule has 6 heteroatoms. The Bertz CT molecular complexity index is 308. The van der Waals surface area contributed by atoms with Crippen LogP contribution in [0.4, 0.5) is 13.6 Å². The van der Waals surface area contributed by atoms with Crippen molar-refractivity contribution in [2.45, 2.75) is 63.6 Å². The molecule has 1 amide bonds. The Morgan fingerprint density at radius 3 is 2.63 bits per heavy atom. The standard InChI is InChI=1S/C13H21F2NO3/c14-11(15)7-12(17)16-10(8-19-13(16)18)6-9-4-2-1-3-5-9/h9-12,17H,1-8H2/t10-,12-/m0/s1. The van der Waals surface area contributed by atoms with E-state index in [9.17, 15) is 18.7 Å². The number of alkyl halides is 2. The Hall–Kier alpha value is -0.910. The number of aliphatic hydroxyl groups is 1. The lowest BCUT2D eigenvalue weighted by Gasteiger charge is -2.30. The van der Waals surface area contributed by atoms with Crippen LogP contribution in [0.15, 0.2) is 0 Å². The predicted octanol–water partition coefficient (Wildman–Crippen LogP) is 2.75. The molecule has 1 aliphatic carbocycles. The van der Waals surface area contributed by atoms with E-state index < -0.39 is 25.2 Å². The number of carbonyl (C=O) groups is 1. The third-order valence-electron chi connectivity index (χ3n) is 4.04. The van der Waals surface area contributed by atoms with Crippen molar-refractivity contribution in [2.24, 2.45) is 5.92 Å². The lowest BCUT2D eigenvalue weighted by atomic mass is 9.84. The van der Waals surface area contributed by atoms with Gasteiger partial charge >= 0.3 is 6.09 Å². The maximum absolute atomic E-state index is 12.3. The summed E-state index contributed by atoms with van der Waals surface area (Å²) >= 11 is 0. The van der Waals surface area contributed by atoms with Crippen LogP contribution in [0.1, 0.15) is 44.9 Å². The van der Waals surface area contributed by atoms with Crippen LogP contribution in [-0.2, 0) is 4.74 Å². The van der Waals surface area contributed by atoms with Crippen molar-refractivity contribution < 1.29 is 23.4 Å². The number of hydrogen-bond acceptors (Lipinski definition) is 3. The summed E-state index contributed by atoms with van der Waals surface area (Å²) < 4.78 is 29.5. The number of aliphatic hydroxyl groups excluding tert-OH is 1. The van der Waals surface area contributed by atoms with Crippen molar-refractivity contribution >= 4 is 6.09 Å². The second-order valence-corrected chi connectivity index (χ2v) is 5.49. The van der Waals surface area contributed by atoms with Gasteiger partial charge < -0.3 is 9.84 Å². The van der Waals surface area contributed by atoms with E-state index in [0.29, 0.717) is 5.92 Å². The second-order valence-electron chi connectivity index (χ2n) is 5.49. The first-order valence-corrected chi connectivity index (χ1v) is 6.99. The first kappa shape index (κ1) is 14.5. The van der Waals surface area contributed by atoms with Gasteiger partial charge in [0.1, 0.15) is 12.8 Å². The highest BCUT2D eigenvalue weighted by atomic mass is 19.3. The number of halogens is 2. The number of nitrogens with zero attached hydrogens (tertiary/aromatic N) is 1. The van der Waals surface area contributed by atoms with Crippen LogP contribution in [0.3, 0.4) is 0 Å². The molecule has 1 heterocycles. The summed E-state index contributed by atoms with van der Waals surface area (Å²) in [5.74, 6) is 0.509. The van der Waals surface area contributed by atoms with E-state index in [2.05, 4.69) is 0 Å². The van der Waals surface area contributed by atoms with Gasteiger partial charge in [0, 0.05) is 0 Å². The molecule has 0 aromatic rings. The molecule has 19 heavy (non-hydrogen) atoms. The molecule has 1 aliphatic heterocycles. The number of hydrogen-bond donors (Lipinski definition) is 1. The van der Waals surface area contributed by atoms with Crippen LogP contribution >= 0.6 is 0 Å². The summed E-state index contributed by atoms with van der Waals surface area (Å²) in [5.41, 5.74) is 0. The van der Waals surface area contributed by atoms with Gasteiger partial charge in [0.15, 0.2) is 0 Å². The molecule has 110 valence electrons. The average molecular weight is 277 g/mol. The van der Waals surface area contributed by atoms with Crippen LogP contribution in [-0.4, -0.2) is 41.4 Å². The fourth-order valence-corrected chi connectivity index (χ4v) is 3.10. The van der Waals surface area contributed by atoms with Gasteiger partial charge in [-0.1, -0.05) is 32.1 Å². The Labute approximate surface area is 111 Å². The summed E-state index contributed by atoms with van der Waals surface area (Å²) in [6, 6.07) is -0.260. The average Bonchev–Trinajstić information content (AvgIpc) is 2.71. The van der Waals surface area contributed by atoms with Crippen LogP contribution in [0.2, 0.25) is 0 Å². The van der Waals surface area contributed by atoms with E-state index in [1.54, 1.807) is 0 Å². The number of cyclic esters (lactones) is 1. The van der Waals surface area contributed by atoms with Gasteiger partial charge in [-0.25, -0.2) is 13.6 Å². The minimum atomic E-state index is -2.63. The van der Waals surface area contributed by atoms with E-state index in [1.807, 2.05) is 0 Å². The van der Waals surface area contributed by atoms with Gasteiger partial charge in [-0.3, -0.25) is 4.90 Å². The maximum atomic E-state index is 12.3. The van der Waals surface area contributed by atoms with Crippen molar-refractivity contribution in [3.8, 4) is 0 Å². The molecule has 0 unspecified atom stereocenters. The molecule has 0 aromatic carbocycles. The zero-order chi connectivity index (χ0) is 13.8. The largest absolute Gasteiger partial charge is 0.447 e. The highest BCUT2D eigenvalue weighted by molar-refractivity contribution is 5.70. The Morgan fingerprint density at radius 1 is 1.32 bits per heavy atom. The van der Waals surface area contributed by atoms with Gasteiger partial charge in [-0.2, -0.15) is 0 Å². The summed E-state index contributed by atoms with van der Waals surface area (Å²) in [6.07, 6.45) is 1.14. The molecule has 2 aliphatic rings. The highest BCUT2D eigenvalue weighted by Gasteiger charge is 2.39. The van der Waals surface area contributed by atoms with Crippen LogP contribution in [0, 0.1) is 5.92 Å². The first-order chi connectivity index (χ1) is 9.08. The van der Waals surface area contributed by atoms with Gasteiger partial charge in [-0.15, -0.1) is 0 Å². The minimum Gasteiger partial charge on any atom is -0.447 e. The van der Waals surface area contributed by atoms with Gasteiger partial charge in [0.2, 0.25) is 6.43 Å². The molecular weight excluding hydrogens is 256 g/mol. The number of ether oxygens (including phenoxy) is 1. The fourth-order valence-electron chi connectivity index (χ4n) is 3.10. The minimum absolute atomic E-state index is 0.204. The van der Waals surface area contributed by atoms with E-state index in [0.717, 1.165) is 24.2 Å². The quantitative estimate of drug-likeness (QED) is 0.840. The van der Waals surface area contributed by atoms with Crippen molar-refractivity contribution in [1.29, 1.82) is 0 Å². The number of rotatable bonds is 5. The molecule has 1 saturated carbocycles. The third-order valence-corrected chi connectivity index (χ3v) is 4.04. The lowest BCUT2D eigenvalue weighted by Crippen LogP contribution is -2.44. The molecule has 1 saturated heterocycles. The Kier molecular flexibility index (Phi) is 4.96. The van der Waals surface area contributed by atoms with Crippen LogP contribution < -0.4 is 0 Å². The summed E-state index contributed by atoms with van der Waals surface area (Å²) in [6.45, 7) is 0.204. The molecular formula is C13H21F2NO3. The molecule has 2 atom stereocenters. The zero-order valence-corrected chi connectivity index (χ0v) is 10.9. The third kappa shape index (κ3) is 3.78.